The average Bonchev–Trinajstić information content (AvgIpc) is 2.72. The summed E-state index contributed by atoms with van der Waals surface area (Å²) < 4.78 is 10.4. The Kier molecular flexibility index (Phi) is 13.6. The van der Waals surface area contributed by atoms with Gasteiger partial charge in [-0.3, -0.25) is 0 Å². The molecule has 0 aromatic carbocycles. The summed E-state index contributed by atoms with van der Waals surface area (Å²) in [5, 5.41) is 55.3. The van der Waals surface area contributed by atoms with Crippen molar-refractivity contribution in [3.05, 3.63) is 0 Å². The van der Waals surface area contributed by atoms with Crippen LogP contribution in [0.1, 0.15) is 41.0 Å². The second-order valence-electron chi connectivity index (χ2n) is 7.51. The monoisotopic (exact) mass is 426 g/mol. The van der Waals surface area contributed by atoms with E-state index in [0.29, 0.717) is 0 Å². The first-order valence-electron chi connectivity index (χ1n) is 10.4. The highest BCUT2D eigenvalue weighted by Gasteiger charge is 2.43. The van der Waals surface area contributed by atoms with Crippen LogP contribution in [-0.2, 0) is 9.47 Å². The fraction of sp³-hybridized carbons (Fsp3) is 1.00. The first-order chi connectivity index (χ1) is 13.6. The van der Waals surface area contributed by atoms with Crippen LogP contribution < -0.4 is 11.5 Å². The summed E-state index contributed by atoms with van der Waals surface area (Å²) >= 11 is 0. The van der Waals surface area contributed by atoms with Gasteiger partial charge in [-0.05, 0) is 12.3 Å². The fourth-order valence-electron chi connectivity index (χ4n) is 3.50. The van der Waals surface area contributed by atoms with Crippen molar-refractivity contribution >= 4 is 0 Å². The Bertz CT molecular complexity index is 424. The molecule has 0 radical (unpaired) electrons. The molecule has 2 rings (SSSR count). The van der Waals surface area contributed by atoms with Gasteiger partial charge in [0.1, 0.15) is 18.3 Å². The third-order valence-corrected chi connectivity index (χ3v) is 5.28. The summed E-state index contributed by atoms with van der Waals surface area (Å²) in [5.41, 5.74) is 11.2. The number of ether oxygens (including phenoxy) is 2. The SMILES string of the molecule is CC.CCC1C(CO)OC(C(C)C)C(N)C1O.NC1C(O)OC(CO)C(O)C1O. The summed E-state index contributed by atoms with van der Waals surface area (Å²) in [6, 6.07) is -1.39. The molecule has 2 aliphatic heterocycles. The van der Waals surface area contributed by atoms with Crippen molar-refractivity contribution in [3.8, 4) is 0 Å². The van der Waals surface area contributed by atoms with Gasteiger partial charge in [-0.25, -0.2) is 0 Å². The highest BCUT2D eigenvalue weighted by molar-refractivity contribution is 4.94. The number of rotatable bonds is 4. The van der Waals surface area contributed by atoms with Crippen LogP contribution in [0.3, 0.4) is 0 Å². The van der Waals surface area contributed by atoms with Crippen LogP contribution >= 0.6 is 0 Å². The molecule has 10 atom stereocenters. The molecule has 0 saturated carbocycles. The smallest absolute Gasteiger partial charge is 0.173 e. The molecular formula is C19H42N2O8. The van der Waals surface area contributed by atoms with Gasteiger partial charge in [0.15, 0.2) is 6.29 Å². The van der Waals surface area contributed by atoms with Crippen molar-refractivity contribution in [2.24, 2.45) is 23.3 Å². The van der Waals surface area contributed by atoms with Gasteiger partial charge in [-0.1, -0.05) is 34.6 Å². The van der Waals surface area contributed by atoms with Crippen LogP contribution in [-0.4, -0.2) is 98.9 Å². The van der Waals surface area contributed by atoms with Gasteiger partial charge >= 0.3 is 0 Å². The summed E-state index contributed by atoms with van der Waals surface area (Å²) in [6.07, 6.45) is -5.11. The third kappa shape index (κ3) is 7.35. The van der Waals surface area contributed by atoms with E-state index in [1.165, 1.54) is 0 Å². The Morgan fingerprint density at radius 2 is 1.31 bits per heavy atom. The van der Waals surface area contributed by atoms with Crippen LogP contribution in [0.5, 0.6) is 0 Å². The minimum Gasteiger partial charge on any atom is -0.394 e. The summed E-state index contributed by atoms with van der Waals surface area (Å²) in [6.45, 7) is 9.48. The number of nitrogens with two attached hydrogens (primary N) is 2. The molecule has 10 nitrogen and oxygen atoms in total. The van der Waals surface area contributed by atoms with E-state index in [9.17, 15) is 20.4 Å². The van der Waals surface area contributed by atoms with Gasteiger partial charge in [0.25, 0.3) is 0 Å². The van der Waals surface area contributed by atoms with E-state index in [-0.39, 0.29) is 36.7 Å². The van der Waals surface area contributed by atoms with E-state index in [1.807, 2.05) is 34.6 Å². The molecule has 0 aliphatic carbocycles. The maximum atomic E-state index is 10.0. The predicted octanol–water partition coefficient (Wildman–Crippen LogP) is -2.11. The van der Waals surface area contributed by atoms with Gasteiger partial charge in [0.05, 0.1) is 43.6 Å². The molecule has 0 aromatic rings. The molecule has 2 aliphatic rings. The average molecular weight is 427 g/mol. The molecule has 2 saturated heterocycles. The van der Waals surface area contributed by atoms with Crippen LogP contribution in [0.15, 0.2) is 0 Å². The molecule has 10 N–H and O–H groups in total. The van der Waals surface area contributed by atoms with E-state index in [2.05, 4.69) is 0 Å². The van der Waals surface area contributed by atoms with Crippen LogP contribution in [0.4, 0.5) is 0 Å². The minimum atomic E-state index is -1.35. The van der Waals surface area contributed by atoms with Crippen LogP contribution in [0.25, 0.3) is 0 Å². The largest absolute Gasteiger partial charge is 0.394 e. The Labute approximate surface area is 173 Å². The molecule has 2 fully saturated rings. The summed E-state index contributed by atoms with van der Waals surface area (Å²) in [7, 11) is 0. The Morgan fingerprint density at radius 1 is 0.793 bits per heavy atom. The normalized spacial score (nSPS) is 42.4. The van der Waals surface area contributed by atoms with E-state index in [0.717, 1.165) is 6.42 Å². The lowest BCUT2D eigenvalue weighted by atomic mass is 9.81. The maximum absolute atomic E-state index is 10.0. The molecular weight excluding hydrogens is 384 g/mol. The molecule has 176 valence electrons. The lowest BCUT2D eigenvalue weighted by Crippen LogP contribution is -2.61. The second-order valence-corrected chi connectivity index (χ2v) is 7.51. The molecule has 0 amide bonds. The first kappa shape index (κ1) is 28.6. The summed E-state index contributed by atoms with van der Waals surface area (Å²) in [5.74, 6) is 0.196. The van der Waals surface area contributed by atoms with Gasteiger partial charge in [-0.2, -0.15) is 0 Å². The predicted molar refractivity (Wildman–Crippen MR) is 108 cm³/mol. The van der Waals surface area contributed by atoms with E-state index < -0.39 is 43.4 Å². The van der Waals surface area contributed by atoms with Crippen molar-refractivity contribution < 1.29 is 40.1 Å². The molecule has 0 bridgehead atoms. The van der Waals surface area contributed by atoms with Gasteiger partial charge in [-0.15, -0.1) is 0 Å². The maximum Gasteiger partial charge on any atom is 0.173 e. The van der Waals surface area contributed by atoms with Gasteiger partial charge in [0.2, 0.25) is 0 Å². The number of hydrogen-bond donors (Lipinski definition) is 8. The quantitative estimate of drug-likeness (QED) is 0.247. The van der Waals surface area contributed by atoms with Crippen molar-refractivity contribution in [3.63, 3.8) is 0 Å². The van der Waals surface area contributed by atoms with Crippen LogP contribution in [0.2, 0.25) is 0 Å². The first-order valence-corrected chi connectivity index (χ1v) is 10.4. The Balaban J connectivity index is 0.000000508. The lowest BCUT2D eigenvalue weighted by Gasteiger charge is -2.44. The number of hydrogen-bond acceptors (Lipinski definition) is 10. The van der Waals surface area contributed by atoms with E-state index in [4.69, 9.17) is 31.2 Å². The van der Waals surface area contributed by atoms with Crippen molar-refractivity contribution in [1.82, 2.24) is 0 Å². The highest BCUT2D eigenvalue weighted by atomic mass is 16.6. The van der Waals surface area contributed by atoms with Crippen molar-refractivity contribution in [2.75, 3.05) is 13.2 Å². The standard InChI is InChI=1S/C11H23NO3.C6H13NO5.C2H6/c1-4-7-8(5-13)15-11(6(2)3)9(12)10(7)14;7-3-5(10)4(9)2(1-8)12-6(3)11;1-2/h6-11,13-14H,4-5,12H2,1-3H3;2-6,8-11H,1,7H2;1-2H3. The topological polar surface area (TPSA) is 192 Å². The Morgan fingerprint density at radius 3 is 1.72 bits per heavy atom. The summed E-state index contributed by atoms with van der Waals surface area (Å²) in [4.78, 5) is 0. The zero-order chi connectivity index (χ0) is 22.9. The van der Waals surface area contributed by atoms with Gasteiger partial charge in [0, 0.05) is 5.92 Å². The number of aliphatic hydroxyl groups excluding tert-OH is 6. The zero-order valence-corrected chi connectivity index (χ0v) is 18.1. The molecule has 29 heavy (non-hydrogen) atoms. The van der Waals surface area contributed by atoms with Gasteiger partial charge < -0.3 is 51.6 Å². The highest BCUT2D eigenvalue weighted by Crippen LogP contribution is 2.30. The molecule has 0 spiro atoms. The zero-order valence-electron chi connectivity index (χ0n) is 18.1. The Hall–Kier alpha value is -0.400. The molecule has 2 heterocycles. The van der Waals surface area contributed by atoms with Crippen molar-refractivity contribution in [2.45, 2.75) is 96.0 Å². The fourth-order valence-corrected chi connectivity index (χ4v) is 3.50. The van der Waals surface area contributed by atoms with Crippen LogP contribution in [0, 0.1) is 11.8 Å². The lowest BCUT2D eigenvalue weighted by molar-refractivity contribution is -0.248. The van der Waals surface area contributed by atoms with Crippen molar-refractivity contribution in [1.29, 1.82) is 0 Å². The molecule has 10 heteroatoms. The van der Waals surface area contributed by atoms with E-state index >= 15 is 0 Å². The molecule has 10 unspecified atom stereocenters. The number of aliphatic hydroxyl groups is 6. The minimum absolute atomic E-state index is 0.0501. The van der Waals surface area contributed by atoms with E-state index in [1.54, 1.807) is 0 Å². The third-order valence-electron chi connectivity index (χ3n) is 5.28. The molecule has 0 aromatic heterocycles. The second kappa shape index (κ2) is 13.8.